The van der Waals surface area contributed by atoms with Gasteiger partial charge in [0, 0.05) is 50.1 Å². The summed E-state index contributed by atoms with van der Waals surface area (Å²) in [6.45, 7) is 1.78. The highest BCUT2D eigenvalue weighted by molar-refractivity contribution is 5.97. The first-order chi connectivity index (χ1) is 26.6. The van der Waals surface area contributed by atoms with E-state index in [1.165, 1.54) is 30.0 Å². The van der Waals surface area contributed by atoms with Crippen molar-refractivity contribution in [2.75, 3.05) is 33.9 Å². The van der Waals surface area contributed by atoms with Crippen molar-refractivity contribution in [2.24, 2.45) is 7.05 Å². The monoisotopic (exact) mass is 753 g/mol. The van der Waals surface area contributed by atoms with Crippen LogP contribution in [0.15, 0.2) is 79.0 Å². The normalized spacial score (nSPS) is 17.7. The first kappa shape index (κ1) is 39.8. The molecule has 3 heterocycles. The number of aryl methyl sites for hydroxylation is 2. The van der Waals surface area contributed by atoms with E-state index in [0.717, 1.165) is 5.56 Å². The van der Waals surface area contributed by atoms with Crippen LogP contribution in [-0.4, -0.2) is 90.2 Å². The van der Waals surface area contributed by atoms with Crippen molar-refractivity contribution >= 4 is 29.5 Å². The second-order valence-corrected chi connectivity index (χ2v) is 13.1. The fraction of sp³-hybridized carbons (Fsp3) is 0.350. The van der Waals surface area contributed by atoms with Gasteiger partial charge in [-0.15, -0.1) is 0 Å². The minimum Gasteiger partial charge on any atom is -0.496 e. The van der Waals surface area contributed by atoms with E-state index in [1.54, 1.807) is 56.4 Å². The third-order valence-corrected chi connectivity index (χ3v) is 9.14. The maximum absolute atomic E-state index is 13.7. The van der Waals surface area contributed by atoms with Gasteiger partial charge < -0.3 is 40.4 Å². The zero-order valence-corrected chi connectivity index (χ0v) is 31.4. The van der Waals surface area contributed by atoms with Crippen LogP contribution in [0.3, 0.4) is 0 Å². The van der Waals surface area contributed by atoms with E-state index in [4.69, 9.17) is 14.2 Å². The van der Waals surface area contributed by atoms with E-state index in [2.05, 4.69) is 26.4 Å². The van der Waals surface area contributed by atoms with Crippen LogP contribution in [0, 0.1) is 0 Å². The van der Waals surface area contributed by atoms with Gasteiger partial charge in [-0.2, -0.15) is 5.10 Å². The van der Waals surface area contributed by atoms with Crippen molar-refractivity contribution in [1.82, 2.24) is 35.9 Å². The molecule has 0 radical (unpaired) electrons. The minimum absolute atomic E-state index is 0.0795. The molecule has 0 fully saturated rings. The summed E-state index contributed by atoms with van der Waals surface area (Å²) in [7, 11) is 4.62. The van der Waals surface area contributed by atoms with Crippen LogP contribution < -0.4 is 35.5 Å². The van der Waals surface area contributed by atoms with Gasteiger partial charge in [-0.25, -0.2) is 0 Å². The number of hydrogen-bond acceptors (Lipinski definition) is 9. The molecule has 2 aliphatic heterocycles. The number of nitrogens with zero attached hydrogens (tertiary/aromatic N) is 3. The fourth-order valence-electron chi connectivity index (χ4n) is 6.04. The topological polar surface area (TPSA) is 182 Å². The van der Waals surface area contributed by atoms with Crippen molar-refractivity contribution < 1.29 is 38.2 Å². The van der Waals surface area contributed by atoms with E-state index >= 15 is 0 Å². The zero-order valence-electron chi connectivity index (χ0n) is 31.4. The van der Waals surface area contributed by atoms with Crippen molar-refractivity contribution in [1.29, 1.82) is 0 Å². The first-order valence-electron chi connectivity index (χ1n) is 18.1. The smallest absolute Gasteiger partial charge is 0.272 e. The van der Waals surface area contributed by atoms with Crippen molar-refractivity contribution in [2.45, 2.75) is 51.2 Å². The van der Waals surface area contributed by atoms with Crippen molar-refractivity contribution in [3.63, 3.8) is 0 Å². The van der Waals surface area contributed by atoms with E-state index < -0.39 is 35.7 Å². The Bertz CT molecular complexity index is 1980. The van der Waals surface area contributed by atoms with Crippen molar-refractivity contribution in [3.05, 3.63) is 101 Å². The molecule has 4 N–H and O–H groups in total. The number of hydrogen-bond donors (Lipinski definition) is 4. The summed E-state index contributed by atoms with van der Waals surface area (Å²) in [5.74, 6) is -0.745. The Hall–Kier alpha value is -6.38. The molecule has 55 heavy (non-hydrogen) atoms. The van der Waals surface area contributed by atoms with Gasteiger partial charge in [-0.3, -0.25) is 28.7 Å². The minimum atomic E-state index is -1.01. The highest BCUT2D eigenvalue weighted by atomic mass is 16.5. The molecule has 6 rings (SSSR count). The van der Waals surface area contributed by atoms with Gasteiger partial charge in [0.2, 0.25) is 17.7 Å². The number of benzene rings is 3. The molecule has 290 valence electrons. The summed E-state index contributed by atoms with van der Waals surface area (Å²) in [6.07, 6.45) is 3.16. The number of ether oxygens (including phenoxy) is 3. The number of rotatable bonds is 6. The van der Waals surface area contributed by atoms with E-state index in [-0.39, 0.29) is 37.7 Å². The van der Waals surface area contributed by atoms with Gasteiger partial charge in [0.15, 0.2) is 11.5 Å². The van der Waals surface area contributed by atoms with Gasteiger partial charge in [0.25, 0.3) is 11.8 Å². The third-order valence-electron chi connectivity index (χ3n) is 9.14. The largest absolute Gasteiger partial charge is 0.496 e. The molecule has 2 aliphatic rings. The molecule has 0 saturated carbocycles. The molecular weight excluding hydrogens is 706 g/mol. The Morgan fingerprint density at radius 2 is 1.67 bits per heavy atom. The molecular formula is C40H47N7O8. The molecule has 0 aliphatic carbocycles. The first-order valence-corrected chi connectivity index (χ1v) is 18.1. The van der Waals surface area contributed by atoms with E-state index in [1.807, 2.05) is 30.3 Å². The SMILES string of the molecule is COc1cc2ccc1CNC(=O)[C@H](C)NC(=O)[C@H](CCc1ccccc1)NC(=O)CN(C(=O)c1ccnn1C)CCCCNC(=O)c1ccc(OC)c(c1)O2. The second kappa shape index (κ2) is 19.1. The standard InChI is InChI=1S/C40H47N7O8/c1-26-37(49)42-24-29-13-15-30(23-34(29)54-4)55-35-22-28(14-17-33(35)53-3)38(50)41-19-8-9-21-47(40(52)32-18-20-43-46(32)2)25-36(48)45-31(39(51)44-26)16-12-27-10-6-5-7-11-27/h5-7,10-11,13-15,17-18,20,22-23,26,31H,8-9,12,16,19,21,24-25H2,1-4H3,(H,41,50)(H,42,49)(H,44,51)(H,45,48)/t26-,31-/m0/s1. The molecule has 0 unspecified atom stereocenters. The Kier molecular flexibility index (Phi) is 13.8. The Morgan fingerprint density at radius 1 is 0.891 bits per heavy atom. The van der Waals surface area contributed by atoms with E-state index in [9.17, 15) is 24.0 Å². The number of methoxy groups -OCH3 is 2. The molecule has 0 spiro atoms. The number of nitrogens with one attached hydrogen (secondary N) is 4. The summed E-state index contributed by atoms with van der Waals surface area (Å²) < 4.78 is 18.6. The zero-order chi connectivity index (χ0) is 39.3. The molecule has 0 saturated heterocycles. The molecule has 4 aromatic rings. The maximum atomic E-state index is 13.7. The Morgan fingerprint density at radius 3 is 2.40 bits per heavy atom. The van der Waals surface area contributed by atoms with Crippen LogP contribution in [-0.2, 0) is 34.4 Å². The highest BCUT2D eigenvalue weighted by Gasteiger charge is 2.27. The van der Waals surface area contributed by atoms with Gasteiger partial charge >= 0.3 is 0 Å². The lowest BCUT2D eigenvalue weighted by Crippen LogP contribution is -2.54. The molecule has 4 bridgehead atoms. The number of aromatic nitrogens is 2. The van der Waals surface area contributed by atoms with Crippen LogP contribution in [0.5, 0.6) is 23.0 Å². The lowest BCUT2D eigenvalue weighted by Gasteiger charge is -2.25. The van der Waals surface area contributed by atoms with Crippen LogP contribution >= 0.6 is 0 Å². The predicted molar refractivity (Wildman–Crippen MR) is 203 cm³/mol. The molecule has 1 aromatic heterocycles. The van der Waals surface area contributed by atoms with E-state index in [0.29, 0.717) is 59.9 Å². The fourth-order valence-corrected chi connectivity index (χ4v) is 6.04. The third kappa shape index (κ3) is 10.8. The summed E-state index contributed by atoms with van der Waals surface area (Å²) in [4.78, 5) is 68.7. The Balaban J connectivity index is 1.40. The molecule has 2 atom stereocenters. The number of amides is 5. The summed E-state index contributed by atoms with van der Waals surface area (Å²) in [6, 6.07) is 19.0. The van der Waals surface area contributed by atoms with Gasteiger partial charge in [0.1, 0.15) is 29.3 Å². The quantitative estimate of drug-likeness (QED) is 0.215. The van der Waals surface area contributed by atoms with Crippen LogP contribution in [0.25, 0.3) is 0 Å². The molecule has 3 aromatic carbocycles. The van der Waals surface area contributed by atoms with Crippen LogP contribution in [0.4, 0.5) is 0 Å². The average molecular weight is 754 g/mol. The van der Waals surface area contributed by atoms with Gasteiger partial charge in [-0.1, -0.05) is 30.3 Å². The Labute approximate surface area is 319 Å². The number of fused-ring (bicyclic) bond motifs is 18. The lowest BCUT2D eigenvalue weighted by molar-refractivity contribution is -0.132. The molecule has 15 nitrogen and oxygen atoms in total. The summed E-state index contributed by atoms with van der Waals surface area (Å²) in [5.41, 5.74) is 2.24. The summed E-state index contributed by atoms with van der Waals surface area (Å²) in [5, 5.41) is 15.4. The highest BCUT2D eigenvalue weighted by Crippen LogP contribution is 2.35. The average Bonchev–Trinajstić information content (AvgIpc) is 3.63. The summed E-state index contributed by atoms with van der Waals surface area (Å²) >= 11 is 0. The van der Waals surface area contributed by atoms with Crippen LogP contribution in [0.1, 0.15) is 58.2 Å². The van der Waals surface area contributed by atoms with Gasteiger partial charge in [-0.05, 0) is 74.6 Å². The molecule has 15 heteroatoms. The van der Waals surface area contributed by atoms with Gasteiger partial charge in [0.05, 0.1) is 20.8 Å². The maximum Gasteiger partial charge on any atom is 0.272 e. The lowest BCUT2D eigenvalue weighted by atomic mass is 10.0. The second-order valence-electron chi connectivity index (χ2n) is 13.1. The number of carbonyl (C=O) groups excluding carboxylic acids is 5. The van der Waals surface area contributed by atoms with Crippen LogP contribution in [0.2, 0.25) is 0 Å². The predicted octanol–water partition coefficient (Wildman–Crippen LogP) is 3.13. The molecule has 5 amide bonds. The number of carbonyl (C=O) groups is 5. The van der Waals surface area contributed by atoms with Crippen molar-refractivity contribution in [3.8, 4) is 23.0 Å².